The molecule has 0 N–H and O–H groups in total. The minimum atomic E-state index is -0.0750. The molecule has 3 aliphatic rings. The number of ether oxygens (including phenoxy) is 2. The first-order valence-corrected chi connectivity index (χ1v) is 7.80. The van der Waals surface area contributed by atoms with E-state index in [2.05, 4.69) is 6.92 Å². The Balaban J connectivity index is 1.52. The van der Waals surface area contributed by atoms with E-state index in [-0.39, 0.29) is 6.09 Å². The highest BCUT2D eigenvalue weighted by molar-refractivity contribution is 5.69. The molecule has 0 aromatic rings. The van der Waals surface area contributed by atoms with E-state index in [0.29, 0.717) is 24.6 Å². The van der Waals surface area contributed by atoms with Crippen LogP contribution in [0.3, 0.4) is 0 Å². The second kappa shape index (κ2) is 5.70. The number of hydrogen-bond donors (Lipinski definition) is 0. The highest BCUT2D eigenvalue weighted by Crippen LogP contribution is 2.40. The molecule has 0 aromatic carbocycles. The van der Waals surface area contributed by atoms with E-state index in [1.165, 1.54) is 32.1 Å². The molecule has 4 nitrogen and oxygen atoms in total. The van der Waals surface area contributed by atoms with Gasteiger partial charge in [0.05, 0.1) is 13.2 Å². The van der Waals surface area contributed by atoms with Crippen LogP contribution in [0.1, 0.15) is 45.4 Å². The maximum atomic E-state index is 12.3. The fourth-order valence-electron chi connectivity index (χ4n) is 3.90. The minimum Gasteiger partial charge on any atom is -0.449 e. The highest BCUT2D eigenvalue weighted by Gasteiger charge is 2.43. The van der Waals surface area contributed by atoms with E-state index in [4.69, 9.17) is 9.47 Å². The Morgan fingerprint density at radius 1 is 1.21 bits per heavy atom. The molecule has 4 heteroatoms. The zero-order valence-corrected chi connectivity index (χ0v) is 11.8. The summed E-state index contributed by atoms with van der Waals surface area (Å²) >= 11 is 0. The van der Waals surface area contributed by atoms with Crippen molar-refractivity contribution in [2.24, 2.45) is 11.8 Å². The van der Waals surface area contributed by atoms with Crippen LogP contribution in [0.4, 0.5) is 4.79 Å². The maximum absolute atomic E-state index is 12.3. The topological polar surface area (TPSA) is 38.8 Å². The van der Waals surface area contributed by atoms with E-state index in [0.717, 1.165) is 25.6 Å². The third-order valence-electron chi connectivity index (χ3n) is 5.09. The summed E-state index contributed by atoms with van der Waals surface area (Å²) in [4.78, 5) is 14.3. The Morgan fingerprint density at radius 3 is 2.53 bits per heavy atom. The first-order chi connectivity index (χ1) is 9.28. The molecule has 108 valence electrons. The summed E-state index contributed by atoms with van der Waals surface area (Å²) < 4.78 is 10.8. The zero-order valence-electron chi connectivity index (χ0n) is 11.8. The average Bonchev–Trinajstić information content (AvgIpc) is 3.02. The van der Waals surface area contributed by atoms with Crippen molar-refractivity contribution in [3.05, 3.63) is 0 Å². The molecule has 0 radical (unpaired) electrons. The SMILES string of the molecule is CCC1CC2CCC(C1)N2C(=O)OCC1CCOC1. The van der Waals surface area contributed by atoms with Crippen LogP contribution >= 0.6 is 0 Å². The molecular formula is C15H25NO3. The van der Waals surface area contributed by atoms with Crippen molar-refractivity contribution >= 4 is 6.09 Å². The quantitative estimate of drug-likeness (QED) is 0.789. The smallest absolute Gasteiger partial charge is 0.410 e. The van der Waals surface area contributed by atoms with E-state index < -0.39 is 0 Å². The first-order valence-electron chi connectivity index (χ1n) is 7.80. The van der Waals surface area contributed by atoms with Gasteiger partial charge in [0.25, 0.3) is 0 Å². The standard InChI is InChI=1S/C15H25NO3/c1-2-11-7-13-3-4-14(8-11)16(13)15(17)19-10-12-5-6-18-9-12/h11-14H,2-10H2,1H3. The average molecular weight is 267 g/mol. The van der Waals surface area contributed by atoms with Gasteiger partial charge in [-0.1, -0.05) is 13.3 Å². The summed E-state index contributed by atoms with van der Waals surface area (Å²) in [6.07, 6.45) is 6.89. The zero-order chi connectivity index (χ0) is 13.2. The van der Waals surface area contributed by atoms with Gasteiger partial charge in [0.15, 0.2) is 0 Å². The van der Waals surface area contributed by atoms with Crippen LogP contribution in [0.2, 0.25) is 0 Å². The van der Waals surface area contributed by atoms with Crippen molar-refractivity contribution in [1.29, 1.82) is 0 Å². The predicted octanol–water partition coefficient (Wildman–Crippen LogP) is 2.81. The lowest BCUT2D eigenvalue weighted by Crippen LogP contribution is -2.47. The van der Waals surface area contributed by atoms with Crippen LogP contribution in [0.5, 0.6) is 0 Å². The van der Waals surface area contributed by atoms with Gasteiger partial charge < -0.3 is 14.4 Å². The number of fused-ring (bicyclic) bond motifs is 2. The largest absolute Gasteiger partial charge is 0.449 e. The monoisotopic (exact) mass is 267 g/mol. The molecule has 3 heterocycles. The molecular weight excluding hydrogens is 242 g/mol. The molecule has 19 heavy (non-hydrogen) atoms. The summed E-state index contributed by atoms with van der Waals surface area (Å²) in [5, 5.41) is 0. The molecule has 0 aliphatic carbocycles. The van der Waals surface area contributed by atoms with Crippen molar-refractivity contribution in [2.45, 2.75) is 57.5 Å². The second-order valence-electron chi connectivity index (χ2n) is 6.34. The third-order valence-corrected chi connectivity index (χ3v) is 5.09. The number of piperidine rings is 1. The van der Waals surface area contributed by atoms with E-state index >= 15 is 0 Å². The second-order valence-corrected chi connectivity index (χ2v) is 6.34. The van der Waals surface area contributed by atoms with E-state index in [1.807, 2.05) is 4.90 Å². The lowest BCUT2D eigenvalue weighted by Gasteiger charge is -2.38. The molecule has 3 unspecified atom stereocenters. The van der Waals surface area contributed by atoms with E-state index in [9.17, 15) is 4.79 Å². The molecule has 3 rings (SSSR count). The van der Waals surface area contributed by atoms with Gasteiger partial charge in [-0.25, -0.2) is 4.79 Å². The molecule has 2 bridgehead atoms. The molecule has 0 aromatic heterocycles. The van der Waals surface area contributed by atoms with Crippen LogP contribution in [0.15, 0.2) is 0 Å². The highest BCUT2D eigenvalue weighted by atomic mass is 16.6. The summed E-state index contributed by atoms with van der Waals surface area (Å²) in [7, 11) is 0. The normalized spacial score (nSPS) is 37.6. The summed E-state index contributed by atoms with van der Waals surface area (Å²) in [6.45, 7) is 4.36. The Bertz CT molecular complexity index is 313. The predicted molar refractivity (Wildman–Crippen MR) is 71.9 cm³/mol. The van der Waals surface area contributed by atoms with Gasteiger partial charge in [0.1, 0.15) is 0 Å². The van der Waals surface area contributed by atoms with Crippen molar-refractivity contribution in [2.75, 3.05) is 19.8 Å². The molecule has 3 aliphatic heterocycles. The Kier molecular flexibility index (Phi) is 3.96. The summed E-state index contributed by atoms with van der Waals surface area (Å²) in [6, 6.07) is 0.882. The minimum absolute atomic E-state index is 0.0750. The molecule has 0 spiro atoms. The Morgan fingerprint density at radius 2 is 1.95 bits per heavy atom. The third kappa shape index (κ3) is 2.73. The molecule has 3 fully saturated rings. The van der Waals surface area contributed by atoms with Gasteiger partial charge >= 0.3 is 6.09 Å². The van der Waals surface area contributed by atoms with E-state index in [1.54, 1.807) is 0 Å². The fraction of sp³-hybridized carbons (Fsp3) is 0.933. The van der Waals surface area contributed by atoms with Gasteiger partial charge in [-0.2, -0.15) is 0 Å². The van der Waals surface area contributed by atoms with Gasteiger partial charge in [0.2, 0.25) is 0 Å². The summed E-state index contributed by atoms with van der Waals surface area (Å²) in [5.74, 6) is 1.22. The molecule has 3 saturated heterocycles. The van der Waals surface area contributed by atoms with Crippen molar-refractivity contribution < 1.29 is 14.3 Å². The number of carbonyl (C=O) groups is 1. The number of hydrogen-bond acceptors (Lipinski definition) is 3. The van der Waals surface area contributed by atoms with Crippen molar-refractivity contribution in [3.63, 3.8) is 0 Å². The number of amides is 1. The number of rotatable bonds is 3. The lowest BCUT2D eigenvalue weighted by molar-refractivity contribution is 0.0463. The van der Waals surface area contributed by atoms with Crippen LogP contribution in [0.25, 0.3) is 0 Å². The Labute approximate surface area is 115 Å². The number of nitrogens with zero attached hydrogens (tertiary/aromatic N) is 1. The maximum Gasteiger partial charge on any atom is 0.410 e. The molecule has 3 atom stereocenters. The Hall–Kier alpha value is -0.770. The number of carbonyl (C=O) groups excluding carboxylic acids is 1. The molecule has 0 saturated carbocycles. The van der Waals surface area contributed by atoms with Crippen LogP contribution in [-0.2, 0) is 9.47 Å². The molecule has 1 amide bonds. The first kappa shape index (κ1) is 13.2. The van der Waals surface area contributed by atoms with Crippen molar-refractivity contribution in [3.8, 4) is 0 Å². The van der Waals surface area contributed by atoms with Crippen LogP contribution < -0.4 is 0 Å². The fourth-order valence-corrected chi connectivity index (χ4v) is 3.90. The van der Waals surface area contributed by atoms with Crippen LogP contribution in [0, 0.1) is 11.8 Å². The van der Waals surface area contributed by atoms with Gasteiger partial charge in [-0.3, -0.25) is 0 Å². The summed E-state index contributed by atoms with van der Waals surface area (Å²) in [5.41, 5.74) is 0. The van der Waals surface area contributed by atoms with Gasteiger partial charge in [-0.15, -0.1) is 0 Å². The van der Waals surface area contributed by atoms with Gasteiger partial charge in [0, 0.05) is 24.6 Å². The van der Waals surface area contributed by atoms with Crippen LogP contribution in [-0.4, -0.2) is 42.9 Å². The lowest BCUT2D eigenvalue weighted by atomic mass is 9.89. The van der Waals surface area contributed by atoms with Crippen molar-refractivity contribution in [1.82, 2.24) is 4.90 Å². The van der Waals surface area contributed by atoms with Gasteiger partial charge in [-0.05, 0) is 38.0 Å².